The molecule has 1 N–H and O–H groups in total. The minimum Gasteiger partial charge on any atom is -0.486 e. The van der Waals surface area contributed by atoms with Gasteiger partial charge in [-0.3, -0.25) is 0 Å². The van der Waals surface area contributed by atoms with Crippen molar-refractivity contribution in [1.82, 2.24) is 0 Å². The molecule has 0 saturated carbocycles. The fourth-order valence-corrected chi connectivity index (χ4v) is 1.01. The van der Waals surface area contributed by atoms with Crippen LogP contribution >= 0.6 is 11.6 Å². The summed E-state index contributed by atoms with van der Waals surface area (Å²) < 4.78 is 18.2. The van der Waals surface area contributed by atoms with Crippen LogP contribution in [0.2, 0.25) is 0 Å². The van der Waals surface area contributed by atoms with Gasteiger partial charge < -0.3 is 9.84 Å². The molecule has 0 aromatic heterocycles. The van der Waals surface area contributed by atoms with Crippen molar-refractivity contribution in [2.45, 2.75) is 6.61 Å². The first-order chi connectivity index (χ1) is 6.77. The molecule has 0 bridgehead atoms. The molecule has 2 nitrogen and oxygen atoms in total. The molecule has 1 aromatic rings. The third-order valence-electron chi connectivity index (χ3n) is 1.60. The Labute approximate surface area is 86.6 Å². The second-order valence-corrected chi connectivity index (χ2v) is 2.85. The van der Waals surface area contributed by atoms with Gasteiger partial charge in [0.15, 0.2) is 11.6 Å². The summed E-state index contributed by atoms with van der Waals surface area (Å²) in [4.78, 5) is 0. The molecule has 0 fully saturated rings. The molecule has 0 spiro atoms. The Kier molecular flexibility index (Phi) is 4.43. The fourth-order valence-electron chi connectivity index (χ4n) is 0.934. The summed E-state index contributed by atoms with van der Waals surface area (Å²) in [5.74, 6) is -0.337. The van der Waals surface area contributed by atoms with E-state index in [0.717, 1.165) is 0 Å². The lowest BCUT2D eigenvalue weighted by molar-refractivity contribution is 0.280. The van der Waals surface area contributed by atoms with Crippen LogP contribution in [-0.2, 0) is 6.61 Å². The van der Waals surface area contributed by atoms with Gasteiger partial charge in [0.1, 0.15) is 6.61 Å². The lowest BCUT2D eigenvalue weighted by atomic mass is 10.2. The number of aliphatic hydroxyl groups excluding tert-OH is 1. The summed E-state index contributed by atoms with van der Waals surface area (Å²) in [5.41, 5.74) is 1.82. The number of hydrogen-bond acceptors (Lipinski definition) is 2. The molecule has 0 aliphatic carbocycles. The van der Waals surface area contributed by atoms with Crippen molar-refractivity contribution in [3.8, 4) is 5.75 Å². The van der Waals surface area contributed by atoms with E-state index in [2.05, 4.69) is 0 Å². The van der Waals surface area contributed by atoms with E-state index in [1.165, 1.54) is 17.7 Å². The van der Waals surface area contributed by atoms with Crippen molar-refractivity contribution >= 4 is 11.6 Å². The van der Waals surface area contributed by atoms with Crippen LogP contribution < -0.4 is 4.74 Å². The number of aliphatic hydroxyl groups is 1. The molecule has 0 atom stereocenters. The smallest absolute Gasteiger partial charge is 0.165 e. The maximum Gasteiger partial charge on any atom is 0.165 e. The molecule has 0 aliphatic rings. The van der Waals surface area contributed by atoms with Crippen LogP contribution in [0.3, 0.4) is 0 Å². The highest BCUT2D eigenvalue weighted by molar-refractivity contribution is 6.25. The van der Waals surface area contributed by atoms with Gasteiger partial charge in [0.25, 0.3) is 0 Å². The minimum atomic E-state index is -0.487. The minimum absolute atomic E-state index is 0.150. The number of halogens is 2. The fraction of sp³-hybridized carbons (Fsp3) is 0.200. The van der Waals surface area contributed by atoms with E-state index < -0.39 is 5.82 Å². The van der Waals surface area contributed by atoms with Gasteiger partial charge in [0.2, 0.25) is 0 Å². The maximum absolute atomic E-state index is 13.2. The van der Waals surface area contributed by atoms with E-state index in [0.29, 0.717) is 5.56 Å². The molecule has 1 aromatic carbocycles. The standard InChI is InChI=1S/C10H10ClFO2/c11-4-1-5-14-10-3-2-8(7-13)6-9(10)12/h1-4,6,13H,5,7H2/b4-1+. The monoisotopic (exact) mass is 216 g/mol. The number of hydrogen-bond donors (Lipinski definition) is 1. The first kappa shape index (κ1) is 11.0. The molecular weight excluding hydrogens is 207 g/mol. The Hall–Kier alpha value is -1.06. The van der Waals surface area contributed by atoms with Gasteiger partial charge in [-0.15, -0.1) is 0 Å². The van der Waals surface area contributed by atoms with Crippen molar-refractivity contribution < 1.29 is 14.2 Å². The summed E-state index contributed by atoms with van der Waals surface area (Å²) in [5, 5.41) is 8.73. The average Bonchev–Trinajstić information content (AvgIpc) is 2.20. The Morgan fingerprint density at radius 3 is 2.86 bits per heavy atom. The highest BCUT2D eigenvalue weighted by atomic mass is 35.5. The molecule has 0 radical (unpaired) electrons. The van der Waals surface area contributed by atoms with Gasteiger partial charge in [-0.2, -0.15) is 0 Å². The van der Waals surface area contributed by atoms with Crippen LogP contribution in [0.4, 0.5) is 4.39 Å². The Bertz CT molecular complexity index is 326. The molecule has 0 amide bonds. The van der Waals surface area contributed by atoms with Gasteiger partial charge in [-0.25, -0.2) is 4.39 Å². The van der Waals surface area contributed by atoms with Crippen LogP contribution in [0, 0.1) is 5.82 Å². The van der Waals surface area contributed by atoms with E-state index >= 15 is 0 Å². The predicted molar refractivity (Wildman–Crippen MR) is 52.8 cm³/mol. The van der Waals surface area contributed by atoms with Crippen molar-refractivity contribution in [3.05, 3.63) is 41.2 Å². The lowest BCUT2D eigenvalue weighted by Gasteiger charge is -2.05. The second-order valence-electron chi connectivity index (χ2n) is 2.60. The third-order valence-corrected chi connectivity index (χ3v) is 1.78. The molecule has 0 saturated heterocycles. The van der Waals surface area contributed by atoms with Gasteiger partial charge in [-0.1, -0.05) is 17.7 Å². The zero-order chi connectivity index (χ0) is 10.4. The van der Waals surface area contributed by atoms with Crippen LogP contribution in [0.5, 0.6) is 5.75 Å². The van der Waals surface area contributed by atoms with Gasteiger partial charge in [0, 0.05) is 5.54 Å². The topological polar surface area (TPSA) is 29.5 Å². The lowest BCUT2D eigenvalue weighted by Crippen LogP contribution is -1.96. The second kappa shape index (κ2) is 5.62. The number of rotatable bonds is 4. The van der Waals surface area contributed by atoms with Gasteiger partial charge in [0.05, 0.1) is 6.61 Å². The summed E-state index contributed by atoms with van der Waals surface area (Å²) in [7, 11) is 0. The average molecular weight is 217 g/mol. The third kappa shape index (κ3) is 3.01. The van der Waals surface area contributed by atoms with Crippen LogP contribution in [-0.4, -0.2) is 11.7 Å². The quantitative estimate of drug-likeness (QED) is 0.838. The van der Waals surface area contributed by atoms with Gasteiger partial charge in [-0.05, 0) is 23.8 Å². The molecule has 1 rings (SSSR count). The summed E-state index contributed by atoms with van der Waals surface area (Å²) >= 11 is 5.27. The molecule has 0 aliphatic heterocycles. The first-order valence-electron chi connectivity index (χ1n) is 4.05. The van der Waals surface area contributed by atoms with Crippen molar-refractivity contribution in [2.75, 3.05) is 6.61 Å². The molecule has 0 heterocycles. The summed E-state index contributed by atoms with van der Waals surface area (Å²) in [6.45, 7) is 0.0394. The molecular formula is C10H10ClFO2. The molecule has 76 valence electrons. The normalized spacial score (nSPS) is 10.8. The van der Waals surface area contributed by atoms with Crippen LogP contribution in [0.15, 0.2) is 29.8 Å². The number of benzene rings is 1. The van der Waals surface area contributed by atoms with E-state index in [1.807, 2.05) is 0 Å². The predicted octanol–water partition coefficient (Wildman–Crippen LogP) is 2.45. The van der Waals surface area contributed by atoms with Crippen molar-refractivity contribution in [1.29, 1.82) is 0 Å². The van der Waals surface area contributed by atoms with Crippen molar-refractivity contribution in [2.24, 2.45) is 0 Å². The molecule has 14 heavy (non-hydrogen) atoms. The van der Waals surface area contributed by atoms with Gasteiger partial charge >= 0.3 is 0 Å². The van der Waals surface area contributed by atoms with E-state index in [1.54, 1.807) is 12.1 Å². The highest BCUT2D eigenvalue weighted by Gasteiger charge is 2.02. The zero-order valence-electron chi connectivity index (χ0n) is 7.41. The Balaban J connectivity index is 2.68. The highest BCUT2D eigenvalue weighted by Crippen LogP contribution is 2.18. The number of ether oxygens (including phenoxy) is 1. The Morgan fingerprint density at radius 1 is 1.50 bits per heavy atom. The summed E-state index contributed by atoms with van der Waals surface area (Å²) in [6, 6.07) is 4.31. The van der Waals surface area contributed by atoms with Crippen molar-refractivity contribution in [3.63, 3.8) is 0 Å². The SMILES string of the molecule is OCc1ccc(OC/C=C/Cl)c(F)c1. The van der Waals surface area contributed by atoms with E-state index in [4.69, 9.17) is 21.4 Å². The van der Waals surface area contributed by atoms with Crippen LogP contribution in [0.1, 0.15) is 5.56 Å². The molecule has 0 unspecified atom stereocenters. The van der Waals surface area contributed by atoms with E-state index in [9.17, 15) is 4.39 Å². The van der Waals surface area contributed by atoms with E-state index in [-0.39, 0.29) is 19.0 Å². The Morgan fingerprint density at radius 2 is 2.29 bits per heavy atom. The largest absolute Gasteiger partial charge is 0.486 e. The maximum atomic E-state index is 13.2. The molecule has 4 heteroatoms. The zero-order valence-corrected chi connectivity index (χ0v) is 8.17. The van der Waals surface area contributed by atoms with Crippen LogP contribution in [0.25, 0.3) is 0 Å². The summed E-state index contributed by atoms with van der Waals surface area (Å²) in [6.07, 6.45) is 1.56. The first-order valence-corrected chi connectivity index (χ1v) is 4.49.